The second kappa shape index (κ2) is 23.4. The molecule has 0 saturated heterocycles. The van der Waals surface area contributed by atoms with Gasteiger partial charge in [0.15, 0.2) is 0 Å². The summed E-state index contributed by atoms with van der Waals surface area (Å²) in [6, 6.07) is 13.7. The van der Waals surface area contributed by atoms with Crippen LogP contribution < -0.4 is 0 Å². The minimum Gasteiger partial charge on any atom is -0.418 e. The van der Waals surface area contributed by atoms with Crippen LogP contribution in [0.2, 0.25) is 0 Å². The van der Waals surface area contributed by atoms with E-state index in [0.29, 0.717) is 0 Å². The Bertz CT molecular complexity index is 739. The van der Waals surface area contributed by atoms with E-state index < -0.39 is 39.6 Å². The fourth-order valence-corrected chi connectivity index (χ4v) is 1.03. The summed E-state index contributed by atoms with van der Waals surface area (Å²) in [5.74, 6) is -1.28. The molecule has 3 aromatic rings. The summed E-state index contributed by atoms with van der Waals surface area (Å²) in [5.41, 5.74) is 0. The molecular formula is C15H12B3F15KN3-3. The summed E-state index contributed by atoms with van der Waals surface area (Å²) in [7, 11) is -18.0. The quantitative estimate of drug-likeness (QED) is 0.158. The molecule has 37 heavy (non-hydrogen) atoms. The molecule has 3 nitrogen and oxygen atoms in total. The maximum Gasteiger partial charge on any atom is 0.673 e. The summed E-state index contributed by atoms with van der Waals surface area (Å²) < 4.78 is 152. The Labute approximate surface area is 242 Å². The maximum absolute atomic E-state index is 11.8. The Morgan fingerprint density at radius 3 is 0.595 bits per heavy atom. The first-order chi connectivity index (χ1) is 16.2. The van der Waals surface area contributed by atoms with Crippen molar-refractivity contribution in [2.24, 2.45) is 0 Å². The molecule has 3 rings (SSSR count). The minimum absolute atomic E-state index is 0. The Hall–Kier alpha value is -1.77. The van der Waals surface area contributed by atoms with Gasteiger partial charge in [0.1, 0.15) is 0 Å². The number of hydrogen-bond acceptors (Lipinski definition) is 3. The van der Waals surface area contributed by atoms with E-state index in [1.807, 2.05) is 0 Å². The number of rotatable bonds is 0. The van der Waals surface area contributed by atoms with Crippen molar-refractivity contribution in [3.8, 4) is 0 Å². The molecule has 3 aromatic heterocycles. The van der Waals surface area contributed by atoms with Gasteiger partial charge < -0.3 is 51.8 Å². The van der Waals surface area contributed by atoms with E-state index in [-0.39, 0.29) is 51.4 Å². The first-order valence-electron chi connectivity index (χ1n) is 8.50. The van der Waals surface area contributed by atoms with Crippen LogP contribution in [0.15, 0.2) is 73.2 Å². The largest absolute Gasteiger partial charge is 0.673 e. The molecule has 0 fully saturated rings. The summed E-state index contributed by atoms with van der Waals surface area (Å²) in [4.78, 5) is 9.94. The number of pyridine rings is 3. The van der Waals surface area contributed by atoms with Crippen molar-refractivity contribution in [2.45, 2.75) is 0 Å². The van der Waals surface area contributed by atoms with Gasteiger partial charge in [0, 0.05) is 70.0 Å². The Morgan fingerprint density at radius 1 is 0.378 bits per heavy atom. The Morgan fingerprint density at radius 2 is 0.541 bits per heavy atom. The molecule has 0 amide bonds. The summed E-state index contributed by atoms with van der Waals surface area (Å²) in [6.07, 6.45) is 4.24. The van der Waals surface area contributed by atoms with Crippen molar-refractivity contribution in [2.75, 3.05) is 0 Å². The zero-order chi connectivity index (χ0) is 28.8. The summed E-state index contributed by atoms with van der Waals surface area (Å²) in [6.45, 7) is 0. The van der Waals surface area contributed by atoms with Crippen LogP contribution in [0.3, 0.4) is 0 Å². The second-order valence-corrected chi connectivity index (χ2v) is 4.94. The van der Waals surface area contributed by atoms with Crippen LogP contribution >= 0.6 is 0 Å². The van der Waals surface area contributed by atoms with Crippen LogP contribution in [0.5, 0.6) is 0 Å². The maximum atomic E-state index is 11.8. The monoisotopic (exact) mass is 591 g/mol. The minimum atomic E-state index is -6.00. The molecule has 0 saturated carbocycles. The van der Waals surface area contributed by atoms with Gasteiger partial charge in [0.05, 0.1) is 0 Å². The molecule has 22 heteroatoms. The van der Waals surface area contributed by atoms with Gasteiger partial charge in [-0.3, -0.25) is 0 Å². The van der Waals surface area contributed by atoms with Crippen LogP contribution in [0.25, 0.3) is 0 Å². The molecule has 0 bridgehead atoms. The zero-order valence-corrected chi connectivity index (χ0v) is 21.3. The molecule has 0 aliphatic rings. The van der Waals surface area contributed by atoms with Crippen molar-refractivity contribution >= 4 is 73.1 Å². The normalized spacial score (nSPS) is 9.81. The average molecular weight is 591 g/mol. The summed E-state index contributed by atoms with van der Waals surface area (Å²) in [5, 5.41) is 0. The van der Waals surface area contributed by atoms with E-state index in [0.717, 1.165) is 0 Å². The molecule has 0 unspecified atom stereocenters. The van der Waals surface area contributed by atoms with E-state index in [9.17, 15) is 65.0 Å². The Kier molecular flexibility index (Phi) is 26.7. The summed E-state index contributed by atoms with van der Waals surface area (Å²) >= 11 is 0. The number of halogens is 15. The first-order valence-corrected chi connectivity index (χ1v) is 8.50. The number of aromatic nitrogens is 3. The molecule has 0 aliphatic carbocycles. The molecule has 1 radical (unpaired) electrons. The first kappa shape index (κ1) is 42.3. The van der Waals surface area contributed by atoms with Crippen molar-refractivity contribution < 1.29 is 65.0 Å². The van der Waals surface area contributed by atoms with Gasteiger partial charge in [0.2, 0.25) is 17.8 Å². The van der Waals surface area contributed by atoms with Crippen molar-refractivity contribution in [1.29, 1.82) is 0 Å². The van der Waals surface area contributed by atoms with Crippen molar-refractivity contribution in [3.63, 3.8) is 0 Å². The molecule has 0 aromatic carbocycles. The third kappa shape index (κ3) is 72.0. The van der Waals surface area contributed by atoms with Gasteiger partial charge in [0.25, 0.3) is 0 Å². The molecule has 0 atom stereocenters. The number of hydrogen-bond donors (Lipinski definition) is 0. The van der Waals surface area contributed by atoms with E-state index in [4.69, 9.17) is 0 Å². The van der Waals surface area contributed by atoms with Gasteiger partial charge in [-0.05, 0) is 36.4 Å². The van der Waals surface area contributed by atoms with Crippen LogP contribution in [0.4, 0.5) is 65.0 Å². The number of nitrogens with zero attached hydrogens (tertiary/aromatic N) is 3. The molecule has 0 aliphatic heterocycles. The molecule has 0 spiro atoms. The van der Waals surface area contributed by atoms with E-state index >= 15 is 0 Å². The van der Waals surface area contributed by atoms with Gasteiger partial charge >= 0.3 is 21.8 Å². The predicted molar refractivity (Wildman–Crippen MR) is 109 cm³/mol. The van der Waals surface area contributed by atoms with Crippen molar-refractivity contribution in [1.82, 2.24) is 15.0 Å². The van der Waals surface area contributed by atoms with E-state index in [2.05, 4.69) is 15.0 Å². The van der Waals surface area contributed by atoms with Crippen molar-refractivity contribution in [3.05, 3.63) is 91.0 Å². The van der Waals surface area contributed by atoms with Gasteiger partial charge in [-0.2, -0.15) is 13.2 Å². The average Bonchev–Trinajstić information content (AvgIpc) is 2.67. The molecule has 0 N–H and O–H groups in total. The van der Waals surface area contributed by atoms with Crippen LogP contribution in [0.1, 0.15) is 0 Å². The van der Waals surface area contributed by atoms with Gasteiger partial charge in [-0.1, -0.05) is 18.2 Å². The predicted octanol–water partition coefficient (Wildman–Crippen LogP) is 7.18. The van der Waals surface area contributed by atoms with Gasteiger partial charge in [-0.25, -0.2) is 15.0 Å². The van der Waals surface area contributed by atoms with Crippen LogP contribution in [0, 0.1) is 17.8 Å². The van der Waals surface area contributed by atoms with E-state index in [1.165, 1.54) is 36.8 Å². The van der Waals surface area contributed by atoms with Crippen LogP contribution in [-0.2, 0) is 0 Å². The van der Waals surface area contributed by atoms with Gasteiger partial charge in [-0.15, -0.1) is 0 Å². The second-order valence-electron chi connectivity index (χ2n) is 4.94. The van der Waals surface area contributed by atoms with Crippen LogP contribution in [-0.4, -0.2) is 88.1 Å². The molecule has 205 valence electrons. The third-order valence-corrected chi connectivity index (χ3v) is 1.89. The standard InChI is InChI=1S/3C5H4FN.3BF4.K/c3*6-5-3-1-2-4-7-5;3*2-1(3,4)5;/h3*1-4H;;;;/q;;;3*-1;. The fraction of sp³-hybridized carbons (Fsp3) is 0. The SMILES string of the molecule is F[B-](F)(F)F.F[B-](F)(F)F.F[B-](F)(F)F.Fc1ccccn1.Fc1ccccn1.Fc1ccccn1.[K]. The topological polar surface area (TPSA) is 38.7 Å². The zero-order valence-electron chi connectivity index (χ0n) is 18.2. The Balaban J connectivity index is -0.000000177. The third-order valence-electron chi connectivity index (χ3n) is 1.89. The van der Waals surface area contributed by atoms with E-state index in [1.54, 1.807) is 36.4 Å². The fourth-order valence-electron chi connectivity index (χ4n) is 1.03. The molecule has 3 heterocycles. The molecular weight excluding hydrogens is 579 g/mol. The smallest absolute Gasteiger partial charge is 0.418 e.